The molecule has 1 unspecified atom stereocenters. The number of fused-ring (bicyclic) bond motifs is 1. The van der Waals surface area contributed by atoms with Gasteiger partial charge in [-0.2, -0.15) is 0 Å². The van der Waals surface area contributed by atoms with Crippen molar-refractivity contribution in [2.24, 2.45) is 0 Å². The molecule has 3 rings (SSSR count). The van der Waals surface area contributed by atoms with Gasteiger partial charge < -0.3 is 19.5 Å². The Morgan fingerprint density at radius 2 is 1.82 bits per heavy atom. The quantitative estimate of drug-likeness (QED) is 0.339. The molecule has 1 aromatic carbocycles. The first kappa shape index (κ1) is 19.6. The molecule has 1 atom stereocenters. The van der Waals surface area contributed by atoms with Gasteiger partial charge in [0.15, 0.2) is 0 Å². The Morgan fingerprint density at radius 1 is 1.11 bits per heavy atom. The SMILES string of the molecule is COC(=O)C(=CC1=C(COCc2ccccc2)NC2CC=CC=C12)C(=O)OC. The lowest BCUT2D eigenvalue weighted by Crippen LogP contribution is -2.25. The van der Waals surface area contributed by atoms with Crippen LogP contribution in [0.25, 0.3) is 0 Å². The third-order valence-corrected chi connectivity index (χ3v) is 4.60. The summed E-state index contributed by atoms with van der Waals surface area (Å²) < 4.78 is 15.3. The van der Waals surface area contributed by atoms with Crippen LogP contribution < -0.4 is 5.32 Å². The molecule has 1 aliphatic heterocycles. The van der Waals surface area contributed by atoms with Crippen LogP contribution in [0.5, 0.6) is 0 Å². The minimum Gasteiger partial charge on any atom is -0.465 e. The Balaban J connectivity index is 1.88. The van der Waals surface area contributed by atoms with Gasteiger partial charge in [0.1, 0.15) is 5.57 Å². The first-order valence-corrected chi connectivity index (χ1v) is 9.00. The molecule has 0 radical (unpaired) electrons. The summed E-state index contributed by atoms with van der Waals surface area (Å²) in [5, 5.41) is 3.43. The van der Waals surface area contributed by atoms with Gasteiger partial charge in [0.25, 0.3) is 0 Å². The first-order valence-electron chi connectivity index (χ1n) is 9.00. The molecule has 1 heterocycles. The second-order valence-electron chi connectivity index (χ2n) is 6.39. The number of hydrogen-bond donors (Lipinski definition) is 1. The summed E-state index contributed by atoms with van der Waals surface area (Å²) in [6.07, 6.45) is 8.35. The van der Waals surface area contributed by atoms with Crippen molar-refractivity contribution in [1.82, 2.24) is 5.32 Å². The number of benzene rings is 1. The van der Waals surface area contributed by atoms with Crippen molar-refractivity contribution in [3.8, 4) is 0 Å². The number of hydrogen-bond acceptors (Lipinski definition) is 6. The van der Waals surface area contributed by atoms with Gasteiger partial charge in [0.2, 0.25) is 0 Å². The Labute approximate surface area is 164 Å². The van der Waals surface area contributed by atoms with E-state index in [1.165, 1.54) is 20.3 Å². The molecule has 0 saturated heterocycles. The molecular formula is C22H23NO5. The van der Waals surface area contributed by atoms with Crippen molar-refractivity contribution in [2.75, 3.05) is 20.8 Å². The maximum atomic E-state index is 12.1. The number of carbonyl (C=O) groups is 2. The number of rotatable bonds is 7. The average Bonchev–Trinajstić information content (AvgIpc) is 3.09. The second-order valence-corrected chi connectivity index (χ2v) is 6.39. The Bertz CT molecular complexity index is 846. The first-order chi connectivity index (χ1) is 13.6. The third kappa shape index (κ3) is 4.40. The zero-order valence-corrected chi connectivity index (χ0v) is 15.9. The van der Waals surface area contributed by atoms with Crippen molar-refractivity contribution >= 4 is 11.9 Å². The largest absolute Gasteiger partial charge is 0.465 e. The molecule has 0 aromatic heterocycles. The molecule has 0 saturated carbocycles. The highest BCUT2D eigenvalue weighted by atomic mass is 16.5. The van der Waals surface area contributed by atoms with E-state index in [1.807, 2.05) is 42.5 Å². The highest BCUT2D eigenvalue weighted by Gasteiger charge is 2.30. The van der Waals surface area contributed by atoms with Crippen LogP contribution in [-0.2, 0) is 30.4 Å². The van der Waals surface area contributed by atoms with Crippen LogP contribution in [0.3, 0.4) is 0 Å². The van der Waals surface area contributed by atoms with Gasteiger partial charge in [-0.1, -0.05) is 48.6 Å². The van der Waals surface area contributed by atoms with Crippen LogP contribution >= 0.6 is 0 Å². The number of allylic oxidation sites excluding steroid dienone is 3. The Hall–Kier alpha value is -3.12. The van der Waals surface area contributed by atoms with Gasteiger partial charge in [0, 0.05) is 11.3 Å². The molecule has 146 valence electrons. The molecule has 0 bridgehead atoms. The third-order valence-electron chi connectivity index (χ3n) is 4.60. The lowest BCUT2D eigenvalue weighted by molar-refractivity contribution is -0.144. The molecule has 0 spiro atoms. The zero-order chi connectivity index (χ0) is 19.9. The molecular weight excluding hydrogens is 358 g/mol. The number of nitrogens with one attached hydrogen (secondary N) is 1. The highest BCUT2D eigenvalue weighted by molar-refractivity contribution is 6.14. The summed E-state index contributed by atoms with van der Waals surface area (Å²) in [7, 11) is 2.46. The van der Waals surface area contributed by atoms with E-state index in [1.54, 1.807) is 0 Å². The molecule has 1 N–H and O–H groups in total. The van der Waals surface area contributed by atoms with Gasteiger partial charge in [-0.25, -0.2) is 9.59 Å². The highest BCUT2D eigenvalue weighted by Crippen LogP contribution is 2.32. The molecule has 1 aliphatic carbocycles. The molecule has 6 heteroatoms. The smallest absolute Gasteiger partial charge is 0.345 e. The van der Waals surface area contributed by atoms with E-state index < -0.39 is 11.9 Å². The van der Waals surface area contributed by atoms with Crippen molar-refractivity contribution in [3.63, 3.8) is 0 Å². The maximum Gasteiger partial charge on any atom is 0.345 e. The van der Waals surface area contributed by atoms with E-state index in [0.717, 1.165) is 28.8 Å². The lowest BCUT2D eigenvalue weighted by atomic mass is 9.94. The number of esters is 2. The fourth-order valence-corrected chi connectivity index (χ4v) is 3.21. The van der Waals surface area contributed by atoms with Gasteiger partial charge >= 0.3 is 11.9 Å². The van der Waals surface area contributed by atoms with Gasteiger partial charge in [-0.15, -0.1) is 0 Å². The van der Waals surface area contributed by atoms with Crippen LogP contribution in [0.4, 0.5) is 0 Å². The minimum absolute atomic E-state index is 0.0862. The van der Waals surface area contributed by atoms with E-state index in [9.17, 15) is 9.59 Å². The zero-order valence-electron chi connectivity index (χ0n) is 15.9. The number of carbonyl (C=O) groups excluding carboxylic acids is 2. The molecule has 28 heavy (non-hydrogen) atoms. The summed E-state index contributed by atoms with van der Waals surface area (Å²) >= 11 is 0. The Morgan fingerprint density at radius 3 is 2.50 bits per heavy atom. The predicted octanol–water partition coefficient (Wildman–Crippen LogP) is 2.59. The summed E-state index contributed by atoms with van der Waals surface area (Å²) in [5.74, 6) is -1.47. The average molecular weight is 381 g/mol. The summed E-state index contributed by atoms with van der Waals surface area (Å²) in [6, 6.07) is 9.96. The second kappa shape index (κ2) is 9.19. The van der Waals surface area contributed by atoms with E-state index in [4.69, 9.17) is 14.2 Å². The minimum atomic E-state index is -0.737. The van der Waals surface area contributed by atoms with Crippen molar-refractivity contribution in [3.05, 3.63) is 82.6 Å². The predicted molar refractivity (Wildman–Crippen MR) is 104 cm³/mol. The van der Waals surface area contributed by atoms with E-state index in [0.29, 0.717) is 13.2 Å². The van der Waals surface area contributed by atoms with Crippen LogP contribution in [0.2, 0.25) is 0 Å². The van der Waals surface area contributed by atoms with Crippen molar-refractivity contribution in [1.29, 1.82) is 0 Å². The van der Waals surface area contributed by atoms with Gasteiger partial charge in [0.05, 0.1) is 33.5 Å². The molecule has 1 aromatic rings. The van der Waals surface area contributed by atoms with E-state index >= 15 is 0 Å². The molecule has 0 amide bonds. The monoisotopic (exact) mass is 381 g/mol. The fourth-order valence-electron chi connectivity index (χ4n) is 3.21. The van der Waals surface area contributed by atoms with Crippen LogP contribution in [-0.4, -0.2) is 38.8 Å². The van der Waals surface area contributed by atoms with E-state index in [-0.39, 0.29) is 11.6 Å². The normalized spacial score (nSPS) is 17.4. The molecule has 2 aliphatic rings. The van der Waals surface area contributed by atoms with Gasteiger partial charge in [-0.05, 0) is 23.6 Å². The van der Waals surface area contributed by atoms with Crippen LogP contribution in [0.15, 0.2) is 77.1 Å². The van der Waals surface area contributed by atoms with Gasteiger partial charge in [-0.3, -0.25) is 0 Å². The molecule has 0 fully saturated rings. The van der Waals surface area contributed by atoms with E-state index in [2.05, 4.69) is 11.4 Å². The molecule has 6 nitrogen and oxygen atoms in total. The fraction of sp³-hybridized carbons (Fsp3) is 0.273. The topological polar surface area (TPSA) is 73.9 Å². The number of ether oxygens (including phenoxy) is 3. The maximum absolute atomic E-state index is 12.1. The Kier molecular flexibility index (Phi) is 6.45. The summed E-state index contributed by atoms with van der Waals surface area (Å²) in [4.78, 5) is 24.1. The van der Waals surface area contributed by atoms with Crippen LogP contribution in [0.1, 0.15) is 12.0 Å². The number of methoxy groups -OCH3 is 2. The summed E-state index contributed by atoms with van der Waals surface area (Å²) in [6.45, 7) is 0.788. The van der Waals surface area contributed by atoms with Crippen molar-refractivity contribution < 1.29 is 23.8 Å². The van der Waals surface area contributed by atoms with Crippen molar-refractivity contribution in [2.45, 2.75) is 19.1 Å². The standard InChI is InChI=1S/C22H23NO5/c1-26-21(24)18(22(25)27-2)12-17-16-10-6-7-11-19(16)23-20(17)14-28-13-15-8-4-3-5-9-15/h3-10,12,19,23H,11,13-14H2,1-2H3. The lowest BCUT2D eigenvalue weighted by Gasteiger charge is -2.15. The van der Waals surface area contributed by atoms with Crippen LogP contribution in [0, 0.1) is 0 Å². The summed E-state index contributed by atoms with van der Waals surface area (Å²) in [5.41, 5.74) is 3.50.